The number of aromatic nitrogens is 1. The fourth-order valence-corrected chi connectivity index (χ4v) is 2.78. The first-order chi connectivity index (χ1) is 10.5. The van der Waals surface area contributed by atoms with Crippen LogP contribution in [-0.2, 0) is 14.8 Å². The summed E-state index contributed by atoms with van der Waals surface area (Å²) in [7, 11) is -3.87. The van der Waals surface area contributed by atoms with Gasteiger partial charge in [0.05, 0.1) is 18.6 Å². The lowest BCUT2D eigenvalue weighted by Gasteiger charge is -2.00. The molecule has 0 unspecified atom stereocenters. The third-order valence-corrected chi connectivity index (χ3v) is 4.40. The number of hydrogen-bond donors (Lipinski definition) is 1. The first-order valence-corrected chi connectivity index (χ1v) is 8.22. The number of oxazole rings is 1. The summed E-state index contributed by atoms with van der Waals surface area (Å²) in [5.41, 5.74) is 0.434. The molecule has 1 aliphatic rings. The number of carbonyl (C=O) groups excluding carboxylic acids is 1. The number of furan rings is 1. The van der Waals surface area contributed by atoms with Crippen molar-refractivity contribution in [2.75, 3.05) is 11.3 Å². The molecule has 0 bridgehead atoms. The molecule has 1 fully saturated rings. The molecule has 2 aromatic rings. The van der Waals surface area contributed by atoms with Gasteiger partial charge in [0.2, 0.25) is 5.76 Å². The van der Waals surface area contributed by atoms with Gasteiger partial charge in [-0.25, -0.2) is 17.9 Å². The second-order valence-electron chi connectivity index (χ2n) is 4.79. The van der Waals surface area contributed by atoms with Crippen LogP contribution in [0.25, 0.3) is 0 Å². The zero-order valence-corrected chi connectivity index (χ0v) is 12.6. The van der Waals surface area contributed by atoms with Crippen molar-refractivity contribution in [3.63, 3.8) is 0 Å². The van der Waals surface area contributed by atoms with Gasteiger partial charge in [0.1, 0.15) is 11.2 Å². The maximum atomic E-state index is 12.1. The van der Waals surface area contributed by atoms with E-state index in [0.717, 1.165) is 19.1 Å². The van der Waals surface area contributed by atoms with Gasteiger partial charge in [-0.1, -0.05) is 0 Å². The molecule has 3 rings (SSSR count). The van der Waals surface area contributed by atoms with Crippen LogP contribution in [0.5, 0.6) is 0 Å². The molecule has 0 aliphatic heterocycles. The van der Waals surface area contributed by atoms with E-state index in [1.54, 1.807) is 6.92 Å². The van der Waals surface area contributed by atoms with E-state index in [1.807, 2.05) is 0 Å². The molecule has 22 heavy (non-hydrogen) atoms. The Labute approximate surface area is 126 Å². The normalized spacial score (nSPS) is 14.8. The van der Waals surface area contributed by atoms with Crippen LogP contribution in [-0.4, -0.2) is 26.0 Å². The van der Waals surface area contributed by atoms with E-state index in [1.165, 1.54) is 12.3 Å². The third-order valence-electron chi connectivity index (χ3n) is 3.11. The van der Waals surface area contributed by atoms with Crippen molar-refractivity contribution >= 4 is 22.0 Å². The molecule has 0 radical (unpaired) electrons. The Hall–Kier alpha value is -2.29. The van der Waals surface area contributed by atoms with Gasteiger partial charge in [-0.3, -0.25) is 0 Å². The number of rotatable bonds is 6. The van der Waals surface area contributed by atoms with Crippen molar-refractivity contribution < 1.29 is 26.8 Å². The first kappa shape index (κ1) is 14.6. The van der Waals surface area contributed by atoms with Gasteiger partial charge in [0, 0.05) is 5.92 Å². The van der Waals surface area contributed by atoms with Gasteiger partial charge in [-0.2, -0.15) is 4.98 Å². The van der Waals surface area contributed by atoms with Crippen LogP contribution in [0.3, 0.4) is 0 Å². The van der Waals surface area contributed by atoms with Crippen LogP contribution >= 0.6 is 0 Å². The summed E-state index contributed by atoms with van der Waals surface area (Å²) in [5.74, 6) is -0.588. The number of anilines is 1. The molecular formula is C13H14N2O6S. The Balaban J connectivity index is 1.89. The molecule has 1 saturated carbocycles. The average molecular weight is 326 g/mol. The summed E-state index contributed by atoms with van der Waals surface area (Å²) < 4.78 is 41.2. The molecule has 118 valence electrons. The van der Waals surface area contributed by atoms with Crippen LogP contribution in [0.2, 0.25) is 0 Å². The molecule has 0 saturated heterocycles. The van der Waals surface area contributed by atoms with Crippen LogP contribution in [0.4, 0.5) is 6.01 Å². The lowest BCUT2D eigenvalue weighted by atomic mass is 10.2. The number of esters is 1. The molecular weight excluding hydrogens is 312 g/mol. The van der Waals surface area contributed by atoms with Crippen molar-refractivity contribution in [2.24, 2.45) is 0 Å². The summed E-state index contributed by atoms with van der Waals surface area (Å²) in [6, 6.07) is 1.03. The fraction of sp³-hybridized carbons (Fsp3) is 0.385. The van der Waals surface area contributed by atoms with Gasteiger partial charge < -0.3 is 13.6 Å². The predicted molar refractivity (Wildman–Crippen MR) is 74.0 cm³/mol. The minimum atomic E-state index is -3.87. The lowest BCUT2D eigenvalue weighted by Crippen LogP contribution is -2.12. The van der Waals surface area contributed by atoms with Crippen molar-refractivity contribution in [2.45, 2.75) is 30.6 Å². The second kappa shape index (κ2) is 5.48. The Bertz CT molecular complexity index is 774. The molecule has 2 heterocycles. The molecule has 8 nitrogen and oxygen atoms in total. The summed E-state index contributed by atoms with van der Waals surface area (Å²) in [4.78, 5) is 15.9. The summed E-state index contributed by atoms with van der Waals surface area (Å²) in [5, 5.41) is 0. The monoisotopic (exact) mass is 326 g/mol. The lowest BCUT2D eigenvalue weighted by molar-refractivity contribution is 0.0489. The minimum absolute atomic E-state index is 0.0470. The standard InChI is InChI=1S/C13H14N2O6S/c1-2-20-12(16)11-10(8-3-4-8)14-13(21-11)15-22(17,18)9-5-6-19-7-9/h5-8H,2-4H2,1H3,(H,14,15). The van der Waals surface area contributed by atoms with Crippen LogP contribution in [0, 0.1) is 0 Å². The number of ether oxygens (including phenoxy) is 1. The third kappa shape index (κ3) is 2.84. The van der Waals surface area contributed by atoms with Crippen LogP contribution in [0.15, 0.2) is 32.3 Å². The predicted octanol–water partition coefficient (Wildman–Crippen LogP) is 2.12. The van der Waals surface area contributed by atoms with Crippen molar-refractivity contribution in [1.29, 1.82) is 0 Å². The number of sulfonamides is 1. The Morgan fingerprint density at radius 1 is 1.50 bits per heavy atom. The molecule has 0 amide bonds. The summed E-state index contributed by atoms with van der Waals surface area (Å²) >= 11 is 0. The highest BCUT2D eigenvalue weighted by atomic mass is 32.2. The van der Waals surface area contributed by atoms with Gasteiger partial charge in [-0.05, 0) is 25.8 Å². The SMILES string of the molecule is CCOC(=O)c1oc(NS(=O)(=O)c2ccoc2)nc1C1CC1. The van der Waals surface area contributed by atoms with Gasteiger partial charge in [0.15, 0.2) is 0 Å². The zero-order chi connectivity index (χ0) is 15.7. The molecule has 0 atom stereocenters. The highest BCUT2D eigenvalue weighted by Crippen LogP contribution is 2.42. The van der Waals surface area contributed by atoms with Crippen LogP contribution < -0.4 is 4.72 Å². The Morgan fingerprint density at radius 3 is 2.86 bits per heavy atom. The van der Waals surface area contributed by atoms with E-state index < -0.39 is 16.0 Å². The topological polar surface area (TPSA) is 112 Å². The van der Waals surface area contributed by atoms with E-state index in [2.05, 4.69) is 9.71 Å². The largest absolute Gasteiger partial charge is 0.471 e. The minimum Gasteiger partial charge on any atom is -0.471 e. The smallest absolute Gasteiger partial charge is 0.376 e. The molecule has 0 spiro atoms. The molecule has 0 aromatic carbocycles. The van der Waals surface area contributed by atoms with E-state index in [9.17, 15) is 13.2 Å². The van der Waals surface area contributed by atoms with E-state index in [0.29, 0.717) is 5.69 Å². The number of nitrogens with one attached hydrogen (secondary N) is 1. The van der Waals surface area contributed by atoms with Crippen molar-refractivity contribution in [3.05, 3.63) is 30.0 Å². The van der Waals surface area contributed by atoms with Crippen LogP contribution in [0.1, 0.15) is 41.9 Å². The quantitative estimate of drug-likeness (QED) is 0.809. The molecule has 9 heteroatoms. The Kier molecular flexibility index (Phi) is 3.65. The first-order valence-electron chi connectivity index (χ1n) is 6.74. The Morgan fingerprint density at radius 2 is 2.27 bits per heavy atom. The van der Waals surface area contributed by atoms with Crippen molar-refractivity contribution in [3.8, 4) is 0 Å². The second-order valence-corrected chi connectivity index (χ2v) is 6.48. The highest BCUT2D eigenvalue weighted by molar-refractivity contribution is 7.92. The maximum Gasteiger partial charge on any atom is 0.376 e. The maximum absolute atomic E-state index is 12.1. The van der Waals surface area contributed by atoms with Gasteiger partial charge >= 0.3 is 12.0 Å². The molecule has 1 N–H and O–H groups in total. The number of carbonyl (C=O) groups is 1. The average Bonchev–Trinajstić information content (AvgIpc) is 3.00. The van der Waals surface area contributed by atoms with E-state index in [4.69, 9.17) is 13.6 Å². The summed E-state index contributed by atoms with van der Waals surface area (Å²) in [6.45, 7) is 1.87. The van der Waals surface area contributed by atoms with E-state index >= 15 is 0 Å². The molecule has 2 aromatic heterocycles. The zero-order valence-electron chi connectivity index (χ0n) is 11.7. The highest BCUT2D eigenvalue weighted by Gasteiger charge is 2.35. The van der Waals surface area contributed by atoms with Crippen molar-refractivity contribution in [1.82, 2.24) is 4.98 Å². The number of hydrogen-bond acceptors (Lipinski definition) is 7. The molecule has 1 aliphatic carbocycles. The van der Waals surface area contributed by atoms with Gasteiger partial charge in [0.25, 0.3) is 10.0 Å². The number of nitrogens with zero attached hydrogens (tertiary/aromatic N) is 1. The fourth-order valence-electron chi connectivity index (χ4n) is 1.93. The van der Waals surface area contributed by atoms with Gasteiger partial charge in [-0.15, -0.1) is 0 Å². The van der Waals surface area contributed by atoms with E-state index in [-0.39, 0.29) is 29.2 Å². The summed E-state index contributed by atoms with van der Waals surface area (Å²) in [6.07, 6.45) is 4.09.